The van der Waals surface area contributed by atoms with E-state index in [1.807, 2.05) is 50.2 Å². The Morgan fingerprint density at radius 1 is 1.12 bits per heavy atom. The molecule has 25 heavy (non-hydrogen) atoms. The Morgan fingerprint density at radius 3 is 2.48 bits per heavy atom. The Balaban J connectivity index is 1.89. The van der Waals surface area contributed by atoms with E-state index in [1.165, 1.54) is 11.8 Å². The highest BCUT2D eigenvalue weighted by atomic mass is 32.2. The third kappa shape index (κ3) is 6.15. The summed E-state index contributed by atoms with van der Waals surface area (Å²) in [5.41, 5.74) is 3.61. The van der Waals surface area contributed by atoms with Crippen LogP contribution in [0.3, 0.4) is 0 Å². The number of thioether (sulfide) groups is 1. The zero-order valence-corrected chi connectivity index (χ0v) is 15.1. The molecule has 0 spiro atoms. The van der Waals surface area contributed by atoms with Crippen LogP contribution < -0.4 is 10.1 Å². The number of aryl methyl sites for hydroxylation is 2. The monoisotopic (exact) mass is 359 g/mol. The first-order valence-corrected chi connectivity index (χ1v) is 8.98. The highest BCUT2D eigenvalue weighted by Gasteiger charge is 2.08. The van der Waals surface area contributed by atoms with Crippen molar-refractivity contribution < 1.29 is 19.4 Å². The molecule has 0 saturated carbocycles. The van der Waals surface area contributed by atoms with Gasteiger partial charge in [-0.15, -0.1) is 11.8 Å². The molecule has 2 aromatic rings. The fourth-order valence-electron chi connectivity index (χ4n) is 2.36. The minimum absolute atomic E-state index is 0.0558. The van der Waals surface area contributed by atoms with Crippen LogP contribution in [0.4, 0.5) is 5.69 Å². The minimum Gasteiger partial charge on any atom is -0.483 e. The van der Waals surface area contributed by atoms with Gasteiger partial charge >= 0.3 is 5.97 Å². The average Bonchev–Trinajstić information content (AvgIpc) is 2.54. The van der Waals surface area contributed by atoms with Crippen LogP contribution in [0.2, 0.25) is 0 Å². The molecule has 1 amide bonds. The van der Waals surface area contributed by atoms with E-state index < -0.39 is 5.97 Å². The molecular weight excluding hydrogens is 338 g/mol. The molecule has 5 nitrogen and oxygen atoms in total. The summed E-state index contributed by atoms with van der Waals surface area (Å²) < 4.78 is 5.64. The minimum atomic E-state index is -0.835. The molecule has 0 aliphatic rings. The number of para-hydroxylation sites is 1. The Morgan fingerprint density at radius 2 is 1.80 bits per heavy atom. The van der Waals surface area contributed by atoms with Crippen LogP contribution >= 0.6 is 11.8 Å². The van der Waals surface area contributed by atoms with E-state index in [9.17, 15) is 9.59 Å². The molecule has 0 radical (unpaired) electrons. The van der Waals surface area contributed by atoms with E-state index in [0.29, 0.717) is 11.4 Å². The lowest BCUT2D eigenvalue weighted by atomic mass is 10.1. The number of hydrogen-bond donors (Lipinski definition) is 2. The number of rotatable bonds is 8. The van der Waals surface area contributed by atoms with Crippen LogP contribution in [0, 0.1) is 13.8 Å². The largest absolute Gasteiger partial charge is 0.483 e. The van der Waals surface area contributed by atoms with E-state index in [-0.39, 0.29) is 18.3 Å². The number of carboxylic acid groups (broad SMARTS) is 1. The Kier molecular flexibility index (Phi) is 6.89. The fraction of sp³-hybridized carbons (Fsp3) is 0.263. The predicted molar refractivity (Wildman–Crippen MR) is 100 cm³/mol. The Hall–Kier alpha value is -2.47. The molecule has 0 unspecified atom stereocenters. The Bertz CT molecular complexity index is 741. The van der Waals surface area contributed by atoms with E-state index in [4.69, 9.17) is 9.84 Å². The van der Waals surface area contributed by atoms with Gasteiger partial charge in [-0.3, -0.25) is 9.59 Å². The standard InChI is InChI=1S/C19H21NO4S/c1-13-5-3-6-14(2)19(13)24-10-17(21)20-16-8-4-7-15(9-16)11-25-12-18(22)23/h3-9H,10-12H2,1-2H3,(H,20,21)(H,22,23). The van der Waals surface area contributed by atoms with Gasteiger partial charge in [0, 0.05) is 11.4 Å². The number of carboxylic acids is 1. The van der Waals surface area contributed by atoms with Crippen molar-refractivity contribution in [2.45, 2.75) is 19.6 Å². The first kappa shape index (κ1) is 18.9. The van der Waals surface area contributed by atoms with Crippen LogP contribution in [0.1, 0.15) is 16.7 Å². The van der Waals surface area contributed by atoms with Crippen molar-refractivity contribution in [3.8, 4) is 5.75 Å². The molecule has 0 atom stereocenters. The molecular formula is C19H21NO4S. The summed E-state index contributed by atoms with van der Waals surface area (Å²) >= 11 is 1.32. The summed E-state index contributed by atoms with van der Waals surface area (Å²) in [5.74, 6) is 0.294. The predicted octanol–water partition coefficient (Wildman–Crippen LogP) is 3.64. The van der Waals surface area contributed by atoms with Crippen molar-refractivity contribution in [2.75, 3.05) is 17.7 Å². The van der Waals surface area contributed by atoms with Crippen LogP contribution in [-0.4, -0.2) is 29.3 Å². The maximum atomic E-state index is 12.1. The van der Waals surface area contributed by atoms with Gasteiger partial charge < -0.3 is 15.2 Å². The zero-order chi connectivity index (χ0) is 18.2. The van der Waals surface area contributed by atoms with Crippen molar-refractivity contribution in [3.63, 3.8) is 0 Å². The van der Waals surface area contributed by atoms with Gasteiger partial charge in [0.25, 0.3) is 5.91 Å². The van der Waals surface area contributed by atoms with Crippen molar-refractivity contribution >= 4 is 29.3 Å². The van der Waals surface area contributed by atoms with Gasteiger partial charge in [0.1, 0.15) is 5.75 Å². The highest BCUT2D eigenvalue weighted by molar-refractivity contribution is 7.99. The third-order valence-electron chi connectivity index (χ3n) is 3.46. The lowest BCUT2D eigenvalue weighted by Crippen LogP contribution is -2.20. The first-order chi connectivity index (χ1) is 12.0. The second-order valence-corrected chi connectivity index (χ2v) is 6.63. The molecule has 0 aromatic heterocycles. The number of nitrogens with one attached hydrogen (secondary N) is 1. The number of aliphatic carboxylic acids is 1. The quantitative estimate of drug-likeness (QED) is 0.753. The van der Waals surface area contributed by atoms with Crippen LogP contribution in [-0.2, 0) is 15.3 Å². The summed E-state index contributed by atoms with van der Waals surface area (Å²) in [6, 6.07) is 13.2. The van der Waals surface area contributed by atoms with Gasteiger partial charge in [0.05, 0.1) is 5.75 Å². The number of ether oxygens (including phenoxy) is 1. The number of carbonyl (C=O) groups is 2. The van der Waals surface area contributed by atoms with Gasteiger partial charge in [0.2, 0.25) is 0 Å². The van der Waals surface area contributed by atoms with Crippen LogP contribution in [0.5, 0.6) is 5.75 Å². The molecule has 0 fully saturated rings. The molecule has 0 bridgehead atoms. The molecule has 0 heterocycles. The maximum absolute atomic E-state index is 12.1. The summed E-state index contributed by atoms with van der Waals surface area (Å²) in [5, 5.41) is 11.5. The van der Waals surface area contributed by atoms with E-state index >= 15 is 0 Å². The molecule has 2 N–H and O–H groups in total. The third-order valence-corrected chi connectivity index (χ3v) is 4.45. The smallest absolute Gasteiger partial charge is 0.313 e. The van der Waals surface area contributed by atoms with Crippen LogP contribution in [0.15, 0.2) is 42.5 Å². The maximum Gasteiger partial charge on any atom is 0.313 e. The molecule has 0 aliphatic carbocycles. The van der Waals surface area contributed by atoms with E-state index in [1.54, 1.807) is 6.07 Å². The average molecular weight is 359 g/mol. The summed E-state index contributed by atoms with van der Waals surface area (Å²) in [4.78, 5) is 22.7. The lowest BCUT2D eigenvalue weighted by Gasteiger charge is -2.12. The van der Waals surface area contributed by atoms with E-state index in [0.717, 1.165) is 22.4 Å². The van der Waals surface area contributed by atoms with Crippen LogP contribution in [0.25, 0.3) is 0 Å². The normalized spacial score (nSPS) is 10.3. The van der Waals surface area contributed by atoms with E-state index in [2.05, 4.69) is 5.32 Å². The molecule has 132 valence electrons. The fourth-order valence-corrected chi connectivity index (χ4v) is 3.05. The second kappa shape index (κ2) is 9.13. The first-order valence-electron chi connectivity index (χ1n) is 7.83. The zero-order valence-electron chi connectivity index (χ0n) is 14.2. The number of anilines is 1. The van der Waals surface area contributed by atoms with Crippen molar-refractivity contribution in [3.05, 3.63) is 59.2 Å². The molecule has 0 saturated heterocycles. The van der Waals surface area contributed by atoms with Crippen molar-refractivity contribution in [2.24, 2.45) is 0 Å². The SMILES string of the molecule is Cc1cccc(C)c1OCC(=O)Nc1cccc(CSCC(=O)O)c1. The van der Waals surface area contributed by atoms with Gasteiger partial charge in [0.15, 0.2) is 6.61 Å². The van der Waals surface area contributed by atoms with Gasteiger partial charge in [-0.25, -0.2) is 0 Å². The molecule has 2 aromatic carbocycles. The Labute approximate surface area is 151 Å². The summed E-state index contributed by atoms with van der Waals surface area (Å²) in [6.07, 6.45) is 0. The van der Waals surface area contributed by atoms with Crippen molar-refractivity contribution in [1.29, 1.82) is 0 Å². The summed E-state index contributed by atoms with van der Waals surface area (Å²) in [6.45, 7) is 3.82. The number of hydrogen-bond acceptors (Lipinski definition) is 4. The highest BCUT2D eigenvalue weighted by Crippen LogP contribution is 2.22. The lowest BCUT2D eigenvalue weighted by molar-refractivity contribution is -0.133. The second-order valence-electron chi connectivity index (χ2n) is 5.64. The topological polar surface area (TPSA) is 75.6 Å². The van der Waals surface area contributed by atoms with Gasteiger partial charge in [-0.2, -0.15) is 0 Å². The van der Waals surface area contributed by atoms with Gasteiger partial charge in [-0.05, 0) is 42.7 Å². The molecule has 6 heteroatoms. The number of amides is 1. The molecule has 2 rings (SSSR count). The van der Waals surface area contributed by atoms with Gasteiger partial charge in [-0.1, -0.05) is 30.3 Å². The number of carbonyl (C=O) groups excluding carboxylic acids is 1. The summed E-state index contributed by atoms with van der Waals surface area (Å²) in [7, 11) is 0. The molecule has 0 aliphatic heterocycles. The van der Waals surface area contributed by atoms with Crippen molar-refractivity contribution in [1.82, 2.24) is 0 Å². The number of benzene rings is 2.